The van der Waals surface area contributed by atoms with E-state index in [1.165, 1.54) is 18.2 Å². The Kier molecular flexibility index (Phi) is 4.66. The van der Waals surface area contributed by atoms with Gasteiger partial charge in [-0.2, -0.15) is 5.26 Å². The molecule has 0 atom stereocenters. The number of aryl methyl sites for hydroxylation is 1. The first-order valence-electron chi connectivity index (χ1n) is 6.31. The van der Waals surface area contributed by atoms with Crippen LogP contribution in [0.25, 0.3) is 0 Å². The van der Waals surface area contributed by atoms with E-state index in [2.05, 4.69) is 5.32 Å². The summed E-state index contributed by atoms with van der Waals surface area (Å²) in [7, 11) is 1.54. The summed E-state index contributed by atoms with van der Waals surface area (Å²) < 4.78 is 19.0. The third kappa shape index (κ3) is 3.45. The molecule has 0 saturated carbocycles. The summed E-state index contributed by atoms with van der Waals surface area (Å²) in [5.41, 5.74) is 2.46. The smallest absolute Gasteiger partial charge is 0.143 e. The van der Waals surface area contributed by atoms with Gasteiger partial charge in [-0.15, -0.1) is 0 Å². The minimum absolute atomic E-state index is 0.249. The molecule has 5 heteroatoms. The van der Waals surface area contributed by atoms with Gasteiger partial charge in [-0.25, -0.2) is 4.39 Å². The molecular weight excluding hydrogens is 291 g/mol. The second kappa shape index (κ2) is 6.47. The molecule has 0 aliphatic heterocycles. The second-order valence-electron chi connectivity index (χ2n) is 4.57. The van der Waals surface area contributed by atoms with E-state index in [9.17, 15) is 4.39 Å². The normalized spacial score (nSPS) is 10.0. The fraction of sp³-hybridized carbons (Fsp3) is 0.188. The van der Waals surface area contributed by atoms with Crippen molar-refractivity contribution in [1.29, 1.82) is 5.26 Å². The molecule has 0 fully saturated rings. The Hall–Kier alpha value is -2.25. The number of rotatable bonds is 4. The number of ether oxygens (including phenoxy) is 1. The summed E-state index contributed by atoms with van der Waals surface area (Å²) in [4.78, 5) is 0. The maximum atomic E-state index is 13.7. The molecule has 0 spiro atoms. The molecule has 0 unspecified atom stereocenters. The molecule has 1 N–H and O–H groups in total. The summed E-state index contributed by atoms with van der Waals surface area (Å²) in [6, 6.07) is 9.81. The Balaban J connectivity index is 2.24. The highest BCUT2D eigenvalue weighted by molar-refractivity contribution is 6.31. The molecule has 0 heterocycles. The fourth-order valence-corrected chi connectivity index (χ4v) is 2.09. The van der Waals surface area contributed by atoms with Crippen molar-refractivity contribution in [2.24, 2.45) is 0 Å². The number of nitrogens with one attached hydrogen (secondary N) is 1. The first kappa shape index (κ1) is 15.1. The van der Waals surface area contributed by atoms with Crippen molar-refractivity contribution >= 4 is 17.3 Å². The van der Waals surface area contributed by atoms with Gasteiger partial charge in [0.1, 0.15) is 11.6 Å². The van der Waals surface area contributed by atoms with E-state index in [1.54, 1.807) is 13.2 Å². The quantitative estimate of drug-likeness (QED) is 0.917. The maximum absolute atomic E-state index is 13.7. The Bertz CT molecular complexity index is 710. The van der Waals surface area contributed by atoms with Crippen molar-refractivity contribution < 1.29 is 9.13 Å². The average Bonchev–Trinajstić information content (AvgIpc) is 2.49. The van der Waals surface area contributed by atoms with E-state index >= 15 is 0 Å². The standard InChI is InChI=1S/C16H14ClFN2O/c1-10-5-15(16(21-2)7-13(10)17)20-9-12-6-11(8-19)3-4-14(12)18/h3-7,20H,9H2,1-2H3. The van der Waals surface area contributed by atoms with E-state index in [1.807, 2.05) is 19.1 Å². The van der Waals surface area contributed by atoms with Gasteiger partial charge in [0.2, 0.25) is 0 Å². The average molecular weight is 305 g/mol. The number of halogens is 2. The van der Waals surface area contributed by atoms with Crippen LogP contribution in [-0.2, 0) is 6.54 Å². The Labute approximate surface area is 127 Å². The monoisotopic (exact) mass is 304 g/mol. The van der Waals surface area contributed by atoms with Crippen molar-refractivity contribution in [3.05, 3.63) is 57.9 Å². The fourth-order valence-electron chi connectivity index (χ4n) is 1.94. The lowest BCUT2D eigenvalue weighted by atomic mass is 10.1. The van der Waals surface area contributed by atoms with E-state index in [4.69, 9.17) is 21.6 Å². The van der Waals surface area contributed by atoms with E-state index < -0.39 is 0 Å². The van der Waals surface area contributed by atoms with Crippen molar-refractivity contribution in [1.82, 2.24) is 0 Å². The lowest BCUT2D eigenvalue weighted by Gasteiger charge is -2.13. The van der Waals surface area contributed by atoms with Gasteiger partial charge in [-0.05, 0) is 36.8 Å². The van der Waals surface area contributed by atoms with Crippen molar-refractivity contribution in [2.75, 3.05) is 12.4 Å². The molecule has 108 valence electrons. The van der Waals surface area contributed by atoms with Crippen molar-refractivity contribution in [2.45, 2.75) is 13.5 Å². The highest BCUT2D eigenvalue weighted by atomic mass is 35.5. The zero-order valence-electron chi connectivity index (χ0n) is 11.7. The van der Waals surface area contributed by atoms with Crippen LogP contribution in [0.1, 0.15) is 16.7 Å². The first-order valence-corrected chi connectivity index (χ1v) is 6.69. The van der Waals surface area contributed by atoms with Gasteiger partial charge in [0.15, 0.2) is 0 Å². The van der Waals surface area contributed by atoms with Crippen molar-refractivity contribution in [3.63, 3.8) is 0 Å². The van der Waals surface area contributed by atoms with Gasteiger partial charge >= 0.3 is 0 Å². The molecule has 3 nitrogen and oxygen atoms in total. The third-order valence-corrected chi connectivity index (χ3v) is 3.53. The molecule has 0 amide bonds. The zero-order valence-corrected chi connectivity index (χ0v) is 12.5. The summed E-state index contributed by atoms with van der Waals surface area (Å²) in [5, 5.41) is 12.6. The largest absolute Gasteiger partial charge is 0.495 e. The number of anilines is 1. The molecule has 0 radical (unpaired) electrons. The molecule has 0 aliphatic rings. The molecule has 2 aromatic carbocycles. The Morgan fingerprint density at radius 2 is 2.10 bits per heavy atom. The lowest BCUT2D eigenvalue weighted by molar-refractivity contribution is 0.416. The number of nitrogens with zero attached hydrogens (tertiary/aromatic N) is 1. The highest BCUT2D eigenvalue weighted by Gasteiger charge is 2.09. The van der Waals surface area contributed by atoms with Crippen LogP contribution >= 0.6 is 11.6 Å². The predicted molar refractivity (Wildman–Crippen MR) is 81.2 cm³/mol. The van der Waals surface area contributed by atoms with Crippen LogP contribution in [0.2, 0.25) is 5.02 Å². The summed E-state index contributed by atoms with van der Waals surface area (Å²) in [6.45, 7) is 2.13. The van der Waals surface area contributed by atoms with Gasteiger partial charge in [0.25, 0.3) is 0 Å². The minimum atomic E-state index is -0.355. The van der Waals surface area contributed by atoms with Gasteiger partial charge in [0, 0.05) is 23.2 Å². The molecule has 2 rings (SSSR count). The lowest BCUT2D eigenvalue weighted by Crippen LogP contribution is -2.04. The zero-order chi connectivity index (χ0) is 15.4. The van der Waals surface area contributed by atoms with E-state index in [0.717, 1.165) is 11.3 Å². The van der Waals surface area contributed by atoms with Gasteiger partial charge in [0.05, 0.1) is 24.4 Å². The molecule has 21 heavy (non-hydrogen) atoms. The van der Waals surface area contributed by atoms with Gasteiger partial charge < -0.3 is 10.1 Å². The van der Waals surface area contributed by atoms with Crippen LogP contribution in [0, 0.1) is 24.1 Å². The van der Waals surface area contributed by atoms with E-state index in [0.29, 0.717) is 21.9 Å². The molecular formula is C16H14ClFN2O. The number of benzene rings is 2. The summed E-state index contributed by atoms with van der Waals surface area (Å²) in [6.07, 6.45) is 0. The summed E-state index contributed by atoms with van der Waals surface area (Å²) in [5.74, 6) is 0.230. The van der Waals surface area contributed by atoms with Crippen LogP contribution in [0.3, 0.4) is 0 Å². The number of hydrogen-bond acceptors (Lipinski definition) is 3. The first-order chi connectivity index (χ1) is 10.0. The SMILES string of the molecule is COc1cc(Cl)c(C)cc1NCc1cc(C#N)ccc1F. The molecule has 0 aromatic heterocycles. The van der Waals surface area contributed by atoms with Crippen LogP contribution < -0.4 is 10.1 Å². The van der Waals surface area contributed by atoms with Crippen LogP contribution in [0.5, 0.6) is 5.75 Å². The molecule has 2 aromatic rings. The second-order valence-corrected chi connectivity index (χ2v) is 4.98. The van der Waals surface area contributed by atoms with E-state index in [-0.39, 0.29) is 12.4 Å². The van der Waals surface area contributed by atoms with Gasteiger partial charge in [-0.1, -0.05) is 11.6 Å². The van der Waals surface area contributed by atoms with Crippen molar-refractivity contribution in [3.8, 4) is 11.8 Å². The number of hydrogen-bond donors (Lipinski definition) is 1. The summed E-state index contributed by atoms with van der Waals surface area (Å²) >= 11 is 6.04. The number of nitriles is 1. The third-order valence-electron chi connectivity index (χ3n) is 3.12. The topological polar surface area (TPSA) is 45.0 Å². The number of methoxy groups -OCH3 is 1. The van der Waals surface area contributed by atoms with Crippen LogP contribution in [0.4, 0.5) is 10.1 Å². The minimum Gasteiger partial charge on any atom is -0.495 e. The maximum Gasteiger partial charge on any atom is 0.143 e. The predicted octanol–water partition coefficient (Wildman–Crippen LogP) is 4.28. The van der Waals surface area contributed by atoms with Gasteiger partial charge in [-0.3, -0.25) is 0 Å². The van der Waals surface area contributed by atoms with Crippen LogP contribution in [-0.4, -0.2) is 7.11 Å². The molecule has 0 aliphatic carbocycles. The van der Waals surface area contributed by atoms with Crippen LogP contribution in [0.15, 0.2) is 30.3 Å². The Morgan fingerprint density at radius 1 is 1.33 bits per heavy atom. The molecule has 0 bridgehead atoms. The highest BCUT2D eigenvalue weighted by Crippen LogP contribution is 2.31. The molecule has 0 saturated heterocycles. The Morgan fingerprint density at radius 3 is 2.76 bits per heavy atom.